The van der Waals surface area contributed by atoms with Crippen LogP contribution in [0.3, 0.4) is 0 Å². The number of amides is 1. The van der Waals surface area contributed by atoms with Crippen molar-refractivity contribution in [1.29, 1.82) is 0 Å². The molecular weight excluding hydrogens is 276 g/mol. The molecule has 1 aromatic rings. The van der Waals surface area contributed by atoms with E-state index in [0.717, 1.165) is 12.3 Å². The van der Waals surface area contributed by atoms with Gasteiger partial charge in [-0.1, -0.05) is 26.0 Å². The number of carbonyl (C=O) groups excluding carboxylic acids is 1. The minimum atomic E-state index is -0.00907. The molecule has 114 valence electrons. The summed E-state index contributed by atoms with van der Waals surface area (Å²) in [5, 5.41) is 3.01. The number of benzene rings is 1. The van der Waals surface area contributed by atoms with Gasteiger partial charge in [-0.05, 0) is 30.7 Å². The van der Waals surface area contributed by atoms with E-state index in [1.165, 1.54) is 5.56 Å². The zero-order chi connectivity index (χ0) is 14.3. The van der Waals surface area contributed by atoms with Crippen LogP contribution in [0.1, 0.15) is 25.3 Å². The summed E-state index contributed by atoms with van der Waals surface area (Å²) < 4.78 is 5.55. The molecule has 0 saturated carbocycles. The van der Waals surface area contributed by atoms with E-state index in [2.05, 4.69) is 25.2 Å². The maximum atomic E-state index is 11.8. The molecule has 0 radical (unpaired) electrons. The molecule has 0 bridgehead atoms. The van der Waals surface area contributed by atoms with E-state index >= 15 is 0 Å². The molecule has 4 nitrogen and oxygen atoms in total. The van der Waals surface area contributed by atoms with Crippen LogP contribution in [0, 0.1) is 0 Å². The Labute approximate surface area is 127 Å². The number of nitrogens with zero attached hydrogens (tertiary/aromatic N) is 1. The van der Waals surface area contributed by atoms with Crippen LogP contribution >= 0.6 is 12.4 Å². The zero-order valence-electron chi connectivity index (χ0n) is 12.7. The van der Waals surface area contributed by atoms with E-state index in [-0.39, 0.29) is 24.9 Å². The van der Waals surface area contributed by atoms with Crippen LogP contribution in [-0.4, -0.2) is 44.6 Å². The molecule has 0 heterocycles. The number of hydrogen-bond donors (Lipinski definition) is 1. The van der Waals surface area contributed by atoms with Gasteiger partial charge in [-0.3, -0.25) is 4.79 Å². The predicted molar refractivity (Wildman–Crippen MR) is 84.8 cm³/mol. The second-order valence-electron chi connectivity index (χ2n) is 4.93. The standard InChI is InChI=1S/C15H24N2O2.ClH/c1-12(2)13-6-5-7-14(10-13)19-11-15(18)17(4)9-8-16-3;/h5-7,10,12,16H,8-9,11H2,1-4H3;1H. The summed E-state index contributed by atoms with van der Waals surface area (Å²) >= 11 is 0. The van der Waals surface area contributed by atoms with Crippen LogP contribution in [-0.2, 0) is 4.79 Å². The number of halogens is 1. The van der Waals surface area contributed by atoms with E-state index in [9.17, 15) is 4.79 Å². The number of hydrogen-bond acceptors (Lipinski definition) is 3. The third-order valence-electron chi connectivity index (χ3n) is 3.01. The molecule has 0 saturated heterocycles. The highest BCUT2D eigenvalue weighted by Gasteiger charge is 2.09. The van der Waals surface area contributed by atoms with Crippen LogP contribution in [0.5, 0.6) is 5.75 Å². The lowest BCUT2D eigenvalue weighted by atomic mass is 10.0. The monoisotopic (exact) mass is 300 g/mol. The molecule has 1 amide bonds. The maximum absolute atomic E-state index is 11.8. The molecule has 1 N–H and O–H groups in total. The van der Waals surface area contributed by atoms with Gasteiger partial charge in [0, 0.05) is 20.1 Å². The molecule has 0 spiro atoms. The lowest BCUT2D eigenvalue weighted by Crippen LogP contribution is -2.35. The highest BCUT2D eigenvalue weighted by Crippen LogP contribution is 2.19. The van der Waals surface area contributed by atoms with Crippen LogP contribution in [0.2, 0.25) is 0 Å². The largest absolute Gasteiger partial charge is 0.484 e. The predicted octanol–water partition coefficient (Wildman–Crippen LogP) is 2.29. The fraction of sp³-hybridized carbons (Fsp3) is 0.533. The van der Waals surface area contributed by atoms with Gasteiger partial charge in [-0.2, -0.15) is 0 Å². The molecule has 0 aliphatic carbocycles. The number of carbonyl (C=O) groups is 1. The first-order chi connectivity index (χ1) is 9.04. The van der Waals surface area contributed by atoms with E-state index < -0.39 is 0 Å². The average Bonchev–Trinajstić information content (AvgIpc) is 2.42. The zero-order valence-corrected chi connectivity index (χ0v) is 13.5. The summed E-state index contributed by atoms with van der Waals surface area (Å²) in [6.45, 7) is 5.82. The molecule has 5 heteroatoms. The molecule has 0 atom stereocenters. The van der Waals surface area contributed by atoms with Gasteiger partial charge in [-0.25, -0.2) is 0 Å². The van der Waals surface area contributed by atoms with Crippen molar-refractivity contribution < 1.29 is 9.53 Å². The topological polar surface area (TPSA) is 41.6 Å². The molecule has 20 heavy (non-hydrogen) atoms. The van der Waals surface area contributed by atoms with Crippen LogP contribution < -0.4 is 10.1 Å². The number of nitrogens with one attached hydrogen (secondary N) is 1. The van der Waals surface area contributed by atoms with Crippen molar-refractivity contribution >= 4 is 18.3 Å². The van der Waals surface area contributed by atoms with Gasteiger partial charge in [-0.15, -0.1) is 12.4 Å². The second kappa shape index (κ2) is 9.61. The summed E-state index contributed by atoms with van der Waals surface area (Å²) in [6.07, 6.45) is 0. The normalized spacial score (nSPS) is 10.1. The minimum Gasteiger partial charge on any atom is -0.484 e. The lowest BCUT2D eigenvalue weighted by Gasteiger charge is -2.17. The second-order valence-corrected chi connectivity index (χ2v) is 4.93. The first-order valence-corrected chi connectivity index (χ1v) is 6.66. The number of rotatable bonds is 7. The van der Waals surface area contributed by atoms with Gasteiger partial charge in [0.15, 0.2) is 6.61 Å². The molecule has 0 aliphatic rings. The van der Waals surface area contributed by atoms with Crippen LogP contribution in [0.15, 0.2) is 24.3 Å². The van der Waals surface area contributed by atoms with Crippen LogP contribution in [0.4, 0.5) is 0 Å². The van der Waals surface area contributed by atoms with E-state index in [0.29, 0.717) is 12.5 Å². The lowest BCUT2D eigenvalue weighted by molar-refractivity contribution is -0.131. The van der Waals surface area contributed by atoms with Crippen molar-refractivity contribution in [2.24, 2.45) is 0 Å². The summed E-state index contributed by atoms with van der Waals surface area (Å²) in [5.74, 6) is 1.20. The van der Waals surface area contributed by atoms with E-state index in [1.807, 2.05) is 25.2 Å². The molecule has 0 unspecified atom stereocenters. The van der Waals surface area contributed by atoms with Gasteiger partial charge in [0.2, 0.25) is 0 Å². The summed E-state index contributed by atoms with van der Waals surface area (Å²) in [4.78, 5) is 13.5. The highest BCUT2D eigenvalue weighted by atomic mass is 35.5. The van der Waals surface area contributed by atoms with Gasteiger partial charge in [0.25, 0.3) is 5.91 Å². The Morgan fingerprint density at radius 2 is 2.10 bits per heavy atom. The van der Waals surface area contributed by atoms with Crippen molar-refractivity contribution in [3.05, 3.63) is 29.8 Å². The van der Waals surface area contributed by atoms with Crippen molar-refractivity contribution in [3.8, 4) is 5.75 Å². The molecular formula is C15H25ClN2O2. The third kappa shape index (κ3) is 6.26. The Hall–Kier alpha value is -1.26. The first kappa shape index (κ1) is 18.7. The summed E-state index contributed by atoms with van der Waals surface area (Å²) in [7, 11) is 3.65. The number of ether oxygens (including phenoxy) is 1. The highest BCUT2D eigenvalue weighted by molar-refractivity contribution is 5.85. The van der Waals surface area contributed by atoms with Crippen molar-refractivity contribution in [1.82, 2.24) is 10.2 Å². The fourth-order valence-corrected chi connectivity index (χ4v) is 1.62. The van der Waals surface area contributed by atoms with Crippen molar-refractivity contribution in [3.63, 3.8) is 0 Å². The van der Waals surface area contributed by atoms with Gasteiger partial charge in [0.05, 0.1) is 0 Å². The average molecular weight is 301 g/mol. The quantitative estimate of drug-likeness (QED) is 0.840. The fourth-order valence-electron chi connectivity index (χ4n) is 1.62. The smallest absolute Gasteiger partial charge is 0.260 e. The molecule has 0 aromatic heterocycles. The SMILES string of the molecule is CNCCN(C)C(=O)COc1cccc(C(C)C)c1.Cl. The van der Waals surface area contributed by atoms with Crippen LogP contribution in [0.25, 0.3) is 0 Å². The third-order valence-corrected chi connectivity index (χ3v) is 3.01. The summed E-state index contributed by atoms with van der Waals surface area (Å²) in [5.41, 5.74) is 1.22. The van der Waals surface area contributed by atoms with E-state index in [4.69, 9.17) is 4.74 Å². The first-order valence-electron chi connectivity index (χ1n) is 6.66. The Morgan fingerprint density at radius 3 is 2.70 bits per heavy atom. The molecule has 0 fully saturated rings. The Kier molecular flexibility index (Phi) is 9.01. The minimum absolute atomic E-state index is 0. The van der Waals surface area contributed by atoms with Gasteiger partial charge in [0.1, 0.15) is 5.75 Å². The van der Waals surface area contributed by atoms with Gasteiger partial charge < -0.3 is 15.0 Å². The van der Waals surface area contributed by atoms with Crippen molar-refractivity contribution in [2.45, 2.75) is 19.8 Å². The summed E-state index contributed by atoms with van der Waals surface area (Å²) in [6, 6.07) is 7.90. The molecule has 1 rings (SSSR count). The van der Waals surface area contributed by atoms with Gasteiger partial charge >= 0.3 is 0 Å². The maximum Gasteiger partial charge on any atom is 0.260 e. The number of likely N-dealkylation sites (N-methyl/N-ethyl adjacent to an activating group) is 2. The Bertz CT molecular complexity index is 411. The molecule has 1 aromatic carbocycles. The van der Waals surface area contributed by atoms with E-state index in [1.54, 1.807) is 11.9 Å². The Balaban J connectivity index is 0.00000361. The Morgan fingerprint density at radius 1 is 1.40 bits per heavy atom. The molecule has 0 aliphatic heterocycles. The van der Waals surface area contributed by atoms with Crippen molar-refractivity contribution in [2.75, 3.05) is 33.8 Å².